The summed E-state index contributed by atoms with van der Waals surface area (Å²) in [5.74, 6) is 1.57. The van der Waals surface area contributed by atoms with Crippen LogP contribution in [0.1, 0.15) is 38.2 Å². The number of imidazole rings is 1. The van der Waals surface area contributed by atoms with E-state index in [-0.39, 0.29) is 0 Å². The third kappa shape index (κ3) is 2.61. The quantitative estimate of drug-likeness (QED) is 0.806. The average molecular weight is 260 g/mol. The monoisotopic (exact) mass is 260 g/mol. The number of nitrogens with zero attached hydrogens (tertiary/aromatic N) is 2. The van der Waals surface area contributed by atoms with Gasteiger partial charge >= 0.3 is 0 Å². The third-order valence-corrected chi connectivity index (χ3v) is 4.09. The largest absolute Gasteiger partial charge is 0.323 e. The van der Waals surface area contributed by atoms with Crippen molar-refractivity contribution in [1.82, 2.24) is 9.55 Å². The summed E-state index contributed by atoms with van der Waals surface area (Å²) in [6, 6.07) is 10.5. The highest BCUT2D eigenvalue weighted by Gasteiger charge is 2.17. The van der Waals surface area contributed by atoms with E-state index in [0.29, 0.717) is 5.92 Å². The van der Waals surface area contributed by atoms with E-state index in [4.69, 9.17) is 4.98 Å². The van der Waals surface area contributed by atoms with E-state index in [1.807, 2.05) is 11.8 Å². The molecule has 2 aromatic rings. The molecule has 0 N–H and O–H groups in total. The fraction of sp³-hybridized carbons (Fsp3) is 0.400. The van der Waals surface area contributed by atoms with Crippen LogP contribution in [0.5, 0.6) is 0 Å². The third-order valence-electron chi connectivity index (χ3n) is 2.96. The fourth-order valence-corrected chi connectivity index (χ4v) is 3.30. The van der Waals surface area contributed by atoms with Crippen molar-refractivity contribution < 1.29 is 0 Å². The van der Waals surface area contributed by atoms with Crippen LogP contribution < -0.4 is 0 Å². The van der Waals surface area contributed by atoms with E-state index >= 15 is 0 Å². The Labute approximate surface area is 113 Å². The minimum absolute atomic E-state index is 0.461. The summed E-state index contributed by atoms with van der Waals surface area (Å²) >= 11 is 1.82. The molecule has 0 saturated heterocycles. The molecule has 96 valence electrons. The maximum Gasteiger partial charge on any atom is 0.106 e. The molecule has 0 atom stereocenters. The minimum atomic E-state index is 0.461. The molecule has 2 nitrogen and oxygen atoms in total. The number of benzene rings is 1. The van der Waals surface area contributed by atoms with Crippen LogP contribution in [0.4, 0.5) is 0 Å². The molecule has 0 aliphatic heterocycles. The van der Waals surface area contributed by atoms with Gasteiger partial charge in [-0.3, -0.25) is 0 Å². The Bertz CT molecular complexity index is 515. The molecule has 0 aliphatic rings. The average Bonchev–Trinajstić information content (AvgIpc) is 2.67. The Kier molecular flexibility index (Phi) is 4.12. The molecule has 0 amide bonds. The summed E-state index contributed by atoms with van der Waals surface area (Å²) in [6.45, 7) is 9.65. The van der Waals surface area contributed by atoms with Crippen molar-refractivity contribution in [2.24, 2.45) is 0 Å². The highest BCUT2D eigenvalue weighted by Crippen LogP contribution is 2.34. The van der Waals surface area contributed by atoms with Crippen molar-refractivity contribution in [3.05, 3.63) is 41.9 Å². The van der Waals surface area contributed by atoms with Crippen LogP contribution in [0.2, 0.25) is 0 Å². The smallest absolute Gasteiger partial charge is 0.106 e. The molecular formula is C15H20N2S. The van der Waals surface area contributed by atoms with Gasteiger partial charge in [-0.2, -0.15) is 0 Å². The number of aromatic nitrogens is 2. The van der Waals surface area contributed by atoms with Crippen LogP contribution in [-0.4, -0.2) is 9.55 Å². The maximum atomic E-state index is 4.72. The number of hydrogen-bond donors (Lipinski definition) is 0. The van der Waals surface area contributed by atoms with Gasteiger partial charge in [0.2, 0.25) is 0 Å². The van der Waals surface area contributed by atoms with Crippen molar-refractivity contribution in [3.63, 3.8) is 0 Å². The molecule has 0 aliphatic carbocycles. The van der Waals surface area contributed by atoms with Gasteiger partial charge in [0.1, 0.15) is 10.9 Å². The summed E-state index contributed by atoms with van der Waals surface area (Å²) in [5.41, 5.74) is 1.21. The number of hydrogen-bond acceptors (Lipinski definition) is 2. The highest BCUT2D eigenvalue weighted by atomic mass is 32.2. The molecular weight excluding hydrogens is 240 g/mol. The predicted molar refractivity (Wildman–Crippen MR) is 77.3 cm³/mol. The molecule has 2 rings (SSSR count). The molecule has 1 aromatic carbocycles. The molecule has 3 heteroatoms. The van der Waals surface area contributed by atoms with Gasteiger partial charge in [0, 0.05) is 11.4 Å². The number of rotatable bonds is 4. The first kappa shape index (κ1) is 13.2. The van der Waals surface area contributed by atoms with Gasteiger partial charge in [0.05, 0.1) is 5.69 Å². The second-order valence-electron chi connectivity index (χ2n) is 4.66. The van der Waals surface area contributed by atoms with Gasteiger partial charge in [-0.15, -0.1) is 0 Å². The van der Waals surface area contributed by atoms with Crippen molar-refractivity contribution >= 4 is 11.8 Å². The zero-order valence-electron chi connectivity index (χ0n) is 11.5. The lowest BCUT2D eigenvalue weighted by molar-refractivity contribution is 0.664. The predicted octanol–water partition coefficient (Wildman–Crippen LogP) is 4.49. The molecule has 1 aromatic heterocycles. The standard InChI is InChI=1S/C15H20N2S/c1-5-17-12(4)16-14(11(2)3)15(17)18-13-9-7-6-8-10-13/h6-11H,5H2,1-4H3. The summed E-state index contributed by atoms with van der Waals surface area (Å²) in [7, 11) is 0. The van der Waals surface area contributed by atoms with E-state index in [0.717, 1.165) is 12.4 Å². The Morgan fingerprint density at radius 2 is 1.89 bits per heavy atom. The second-order valence-corrected chi connectivity index (χ2v) is 5.73. The van der Waals surface area contributed by atoms with Crippen molar-refractivity contribution in [3.8, 4) is 0 Å². The number of aryl methyl sites for hydroxylation is 1. The molecule has 0 unspecified atom stereocenters. The molecule has 0 saturated carbocycles. The van der Waals surface area contributed by atoms with Gasteiger partial charge in [-0.25, -0.2) is 4.98 Å². The van der Waals surface area contributed by atoms with Gasteiger partial charge in [-0.1, -0.05) is 43.8 Å². The van der Waals surface area contributed by atoms with Gasteiger partial charge in [-0.05, 0) is 31.9 Å². The Balaban J connectivity index is 2.42. The van der Waals surface area contributed by atoms with Crippen LogP contribution in [-0.2, 0) is 6.54 Å². The first-order chi connectivity index (χ1) is 8.63. The lowest BCUT2D eigenvalue weighted by atomic mass is 10.1. The molecule has 0 radical (unpaired) electrons. The van der Waals surface area contributed by atoms with E-state index in [9.17, 15) is 0 Å². The molecule has 0 fully saturated rings. The van der Waals surface area contributed by atoms with E-state index < -0.39 is 0 Å². The summed E-state index contributed by atoms with van der Waals surface area (Å²) in [5, 5.41) is 1.29. The molecule has 0 bridgehead atoms. The lowest BCUT2D eigenvalue weighted by Crippen LogP contribution is -1.99. The highest BCUT2D eigenvalue weighted by molar-refractivity contribution is 7.99. The van der Waals surface area contributed by atoms with Crippen molar-refractivity contribution in [2.45, 2.75) is 50.1 Å². The maximum absolute atomic E-state index is 4.72. The van der Waals surface area contributed by atoms with Crippen LogP contribution in [0.15, 0.2) is 40.3 Å². The summed E-state index contributed by atoms with van der Waals surface area (Å²) in [6.07, 6.45) is 0. The Morgan fingerprint density at radius 1 is 1.22 bits per heavy atom. The second kappa shape index (κ2) is 5.61. The summed E-state index contributed by atoms with van der Waals surface area (Å²) in [4.78, 5) is 5.99. The van der Waals surface area contributed by atoms with E-state index in [2.05, 4.69) is 62.6 Å². The SMILES string of the molecule is CCn1c(C)nc(C(C)C)c1Sc1ccccc1. The molecule has 0 spiro atoms. The van der Waals surface area contributed by atoms with Gasteiger partial charge in [0.25, 0.3) is 0 Å². The van der Waals surface area contributed by atoms with Crippen molar-refractivity contribution in [1.29, 1.82) is 0 Å². The van der Waals surface area contributed by atoms with Gasteiger partial charge in [0.15, 0.2) is 0 Å². The normalized spacial score (nSPS) is 11.2. The van der Waals surface area contributed by atoms with Gasteiger partial charge < -0.3 is 4.57 Å². The lowest BCUT2D eigenvalue weighted by Gasteiger charge is -2.10. The van der Waals surface area contributed by atoms with Crippen molar-refractivity contribution in [2.75, 3.05) is 0 Å². The van der Waals surface area contributed by atoms with Crippen LogP contribution in [0, 0.1) is 6.92 Å². The van der Waals surface area contributed by atoms with Crippen LogP contribution in [0.25, 0.3) is 0 Å². The van der Waals surface area contributed by atoms with E-state index in [1.165, 1.54) is 15.6 Å². The Morgan fingerprint density at radius 3 is 2.44 bits per heavy atom. The topological polar surface area (TPSA) is 17.8 Å². The summed E-state index contributed by atoms with van der Waals surface area (Å²) < 4.78 is 2.30. The molecule has 1 heterocycles. The Hall–Kier alpha value is -1.22. The zero-order valence-corrected chi connectivity index (χ0v) is 12.3. The first-order valence-electron chi connectivity index (χ1n) is 6.43. The van der Waals surface area contributed by atoms with E-state index in [1.54, 1.807) is 0 Å². The first-order valence-corrected chi connectivity index (χ1v) is 7.25. The minimum Gasteiger partial charge on any atom is -0.323 e. The zero-order chi connectivity index (χ0) is 13.1. The fourth-order valence-electron chi connectivity index (χ4n) is 2.02. The molecule has 18 heavy (non-hydrogen) atoms. The van der Waals surface area contributed by atoms with Crippen LogP contribution >= 0.6 is 11.8 Å². The van der Waals surface area contributed by atoms with Crippen LogP contribution in [0.3, 0.4) is 0 Å².